The molecule has 0 bridgehead atoms. The Morgan fingerprint density at radius 2 is 1.28 bits per heavy atom. The minimum absolute atomic E-state index is 0.0431. The van der Waals surface area contributed by atoms with Crippen molar-refractivity contribution in [2.24, 2.45) is 5.73 Å². The summed E-state index contributed by atoms with van der Waals surface area (Å²) >= 11 is 0. The monoisotopic (exact) mass is 485 g/mol. The number of nitrogens with zero attached hydrogens (tertiary/aromatic N) is 2. The average Bonchev–Trinajstić information content (AvgIpc) is 2.95. The summed E-state index contributed by atoms with van der Waals surface area (Å²) in [5.41, 5.74) is 7.77. The number of hydrogen-bond acceptors (Lipinski definition) is 8. The highest BCUT2D eigenvalue weighted by atomic mass is 16.6. The Balaban J connectivity index is 1.80. The van der Waals surface area contributed by atoms with E-state index < -0.39 is 17.6 Å². The third-order valence-electron chi connectivity index (χ3n) is 5.65. The van der Waals surface area contributed by atoms with Crippen molar-refractivity contribution in [3.63, 3.8) is 0 Å². The van der Waals surface area contributed by atoms with Gasteiger partial charge in [0.1, 0.15) is 12.1 Å². The van der Waals surface area contributed by atoms with Crippen molar-refractivity contribution in [3.05, 3.63) is 114 Å². The SMILES string of the molecule is COc1cc(OC)nc(OC(C(=O)OCc2ccccc2)C(N)(c2ccccc2)c2ccccc2)n1. The van der Waals surface area contributed by atoms with Crippen LogP contribution in [0.1, 0.15) is 16.7 Å². The number of methoxy groups -OCH3 is 2. The molecule has 2 N–H and O–H groups in total. The lowest BCUT2D eigenvalue weighted by atomic mass is 9.79. The molecule has 0 saturated carbocycles. The first-order valence-corrected chi connectivity index (χ1v) is 11.3. The van der Waals surface area contributed by atoms with Gasteiger partial charge < -0.3 is 24.7 Å². The van der Waals surface area contributed by atoms with Crippen LogP contribution in [-0.2, 0) is 21.7 Å². The first-order chi connectivity index (χ1) is 17.5. The fraction of sp³-hybridized carbons (Fsp3) is 0.179. The Labute approximate surface area is 209 Å². The molecule has 0 aliphatic heterocycles. The van der Waals surface area contributed by atoms with Crippen LogP contribution in [0, 0.1) is 0 Å². The number of nitrogens with two attached hydrogens (primary N) is 1. The summed E-state index contributed by atoms with van der Waals surface area (Å²) < 4.78 is 22.3. The maximum absolute atomic E-state index is 13.7. The van der Waals surface area contributed by atoms with Crippen molar-refractivity contribution in [2.45, 2.75) is 18.2 Å². The van der Waals surface area contributed by atoms with Crippen LogP contribution in [0.15, 0.2) is 97.1 Å². The maximum Gasteiger partial charge on any atom is 0.350 e. The molecule has 1 atom stereocenters. The van der Waals surface area contributed by atoms with Gasteiger partial charge in [-0.25, -0.2) is 4.79 Å². The minimum atomic E-state index is -1.45. The first-order valence-electron chi connectivity index (χ1n) is 11.3. The normalized spacial score (nSPS) is 11.9. The Morgan fingerprint density at radius 3 is 1.75 bits per heavy atom. The van der Waals surface area contributed by atoms with E-state index in [1.807, 2.05) is 91.0 Å². The zero-order valence-electron chi connectivity index (χ0n) is 20.0. The van der Waals surface area contributed by atoms with E-state index in [0.29, 0.717) is 11.1 Å². The van der Waals surface area contributed by atoms with E-state index in [1.54, 1.807) is 0 Å². The first kappa shape index (κ1) is 24.7. The molecule has 1 aromatic heterocycles. The lowest BCUT2D eigenvalue weighted by Gasteiger charge is -2.36. The average molecular weight is 486 g/mol. The van der Waals surface area contributed by atoms with Crippen LogP contribution in [0.4, 0.5) is 0 Å². The van der Waals surface area contributed by atoms with Crippen molar-refractivity contribution in [1.29, 1.82) is 0 Å². The summed E-state index contributed by atoms with van der Waals surface area (Å²) in [7, 11) is 2.91. The van der Waals surface area contributed by atoms with E-state index in [9.17, 15) is 4.79 Å². The van der Waals surface area contributed by atoms with E-state index >= 15 is 0 Å². The summed E-state index contributed by atoms with van der Waals surface area (Å²) in [5.74, 6) is -0.273. The van der Waals surface area contributed by atoms with Gasteiger partial charge in [0.05, 0.1) is 20.3 Å². The maximum atomic E-state index is 13.7. The van der Waals surface area contributed by atoms with Gasteiger partial charge >= 0.3 is 12.0 Å². The van der Waals surface area contributed by atoms with Gasteiger partial charge in [0.2, 0.25) is 17.9 Å². The largest absolute Gasteiger partial charge is 0.481 e. The molecule has 1 unspecified atom stereocenters. The van der Waals surface area contributed by atoms with Gasteiger partial charge in [0, 0.05) is 0 Å². The van der Waals surface area contributed by atoms with Gasteiger partial charge in [0.25, 0.3) is 0 Å². The van der Waals surface area contributed by atoms with Gasteiger partial charge in [-0.2, -0.15) is 9.97 Å². The highest BCUT2D eigenvalue weighted by Crippen LogP contribution is 2.34. The second-order valence-corrected chi connectivity index (χ2v) is 7.93. The highest BCUT2D eigenvalue weighted by Gasteiger charge is 2.46. The molecule has 4 rings (SSSR count). The van der Waals surface area contributed by atoms with Crippen LogP contribution in [0.25, 0.3) is 0 Å². The van der Waals surface area contributed by atoms with E-state index in [1.165, 1.54) is 20.3 Å². The molecule has 36 heavy (non-hydrogen) atoms. The van der Waals surface area contributed by atoms with Crippen LogP contribution in [-0.4, -0.2) is 36.3 Å². The molecule has 0 aliphatic carbocycles. The summed E-state index contributed by atoms with van der Waals surface area (Å²) in [4.78, 5) is 22.2. The van der Waals surface area contributed by atoms with Gasteiger partial charge in [-0.05, 0) is 16.7 Å². The smallest absolute Gasteiger partial charge is 0.350 e. The molecule has 8 nitrogen and oxygen atoms in total. The molecule has 1 heterocycles. The fourth-order valence-corrected chi connectivity index (χ4v) is 3.78. The quantitative estimate of drug-likeness (QED) is 0.337. The van der Waals surface area contributed by atoms with Gasteiger partial charge in [-0.15, -0.1) is 0 Å². The van der Waals surface area contributed by atoms with E-state index in [-0.39, 0.29) is 24.4 Å². The van der Waals surface area contributed by atoms with Gasteiger partial charge in [-0.1, -0.05) is 91.0 Å². The third-order valence-corrected chi connectivity index (χ3v) is 5.65. The molecule has 0 amide bonds. The number of rotatable bonds is 10. The lowest BCUT2D eigenvalue weighted by molar-refractivity contribution is -0.156. The van der Waals surface area contributed by atoms with Crippen LogP contribution in [0.3, 0.4) is 0 Å². The molecule has 184 valence electrons. The molecule has 0 fully saturated rings. The predicted octanol–water partition coefficient (Wildman–Crippen LogP) is 3.89. The molecular weight excluding hydrogens is 458 g/mol. The Hall–Kier alpha value is -4.43. The number of carbonyl (C=O) groups is 1. The zero-order chi connectivity index (χ0) is 25.4. The third kappa shape index (κ3) is 5.45. The van der Waals surface area contributed by atoms with Crippen molar-refractivity contribution in [2.75, 3.05) is 14.2 Å². The predicted molar refractivity (Wildman–Crippen MR) is 134 cm³/mol. The molecule has 0 radical (unpaired) electrons. The number of esters is 1. The second-order valence-electron chi connectivity index (χ2n) is 7.93. The zero-order valence-corrected chi connectivity index (χ0v) is 20.0. The van der Waals surface area contributed by atoms with Gasteiger partial charge in [-0.3, -0.25) is 0 Å². The molecule has 3 aromatic carbocycles. The standard InChI is InChI=1S/C28H27N3O5/c1-33-23-18-24(34-2)31-27(30-23)36-25(26(32)35-19-20-12-6-3-7-13-20)28(29,21-14-8-4-9-15-21)22-16-10-5-11-17-22/h3-18,25H,19,29H2,1-2H3. The lowest BCUT2D eigenvalue weighted by Crippen LogP contribution is -2.56. The Kier molecular flexibility index (Phi) is 7.77. The highest BCUT2D eigenvalue weighted by molar-refractivity contribution is 5.78. The van der Waals surface area contributed by atoms with Crippen molar-refractivity contribution < 1.29 is 23.7 Å². The molecule has 0 saturated heterocycles. The topological polar surface area (TPSA) is 106 Å². The number of aromatic nitrogens is 2. The molecule has 4 aromatic rings. The van der Waals surface area contributed by atoms with Crippen molar-refractivity contribution >= 4 is 5.97 Å². The Morgan fingerprint density at radius 1 is 0.806 bits per heavy atom. The molecule has 0 aliphatic rings. The Bertz CT molecular complexity index is 1210. The minimum Gasteiger partial charge on any atom is -0.481 e. The number of hydrogen-bond donors (Lipinski definition) is 1. The van der Waals surface area contributed by atoms with E-state index in [0.717, 1.165) is 5.56 Å². The number of ether oxygens (including phenoxy) is 4. The van der Waals surface area contributed by atoms with Crippen LogP contribution >= 0.6 is 0 Å². The van der Waals surface area contributed by atoms with Crippen LogP contribution < -0.4 is 19.9 Å². The van der Waals surface area contributed by atoms with Crippen LogP contribution in [0.5, 0.6) is 17.8 Å². The summed E-state index contributed by atoms with van der Waals surface area (Å²) in [5, 5.41) is 0. The molecule has 0 spiro atoms. The van der Waals surface area contributed by atoms with Crippen molar-refractivity contribution in [3.8, 4) is 17.8 Å². The summed E-state index contributed by atoms with van der Waals surface area (Å²) in [6.07, 6.45) is -1.36. The van der Waals surface area contributed by atoms with Crippen LogP contribution in [0.2, 0.25) is 0 Å². The van der Waals surface area contributed by atoms with Gasteiger partial charge in [0.15, 0.2) is 0 Å². The molecular formula is C28H27N3O5. The summed E-state index contributed by atoms with van der Waals surface area (Å²) in [6.45, 7) is 0.0431. The second kappa shape index (κ2) is 11.3. The number of benzene rings is 3. The van der Waals surface area contributed by atoms with E-state index in [4.69, 9.17) is 24.7 Å². The molecule has 8 heteroatoms. The number of carbonyl (C=O) groups excluding carboxylic acids is 1. The van der Waals surface area contributed by atoms with E-state index in [2.05, 4.69) is 9.97 Å². The fourth-order valence-electron chi connectivity index (χ4n) is 3.78. The van der Waals surface area contributed by atoms with Crippen molar-refractivity contribution in [1.82, 2.24) is 9.97 Å². The summed E-state index contributed by atoms with van der Waals surface area (Å²) in [6, 6.07) is 29.2.